The number of fused-ring (bicyclic) bond motifs is 1. The molecule has 0 atom stereocenters. The van der Waals surface area contributed by atoms with Gasteiger partial charge in [0.2, 0.25) is 0 Å². The summed E-state index contributed by atoms with van der Waals surface area (Å²) in [4.78, 5) is 0. The molecule has 0 amide bonds. The van der Waals surface area contributed by atoms with Gasteiger partial charge in [0.25, 0.3) is 0 Å². The minimum atomic E-state index is 0.960. The number of aryl methyl sites for hydroxylation is 1. The summed E-state index contributed by atoms with van der Waals surface area (Å²) in [6.45, 7) is 2.04. The molecular formula is C13H15N3. The Labute approximate surface area is 95.1 Å². The fraction of sp³-hybridized carbons (Fsp3) is 0.308. The minimum Gasteiger partial charge on any atom is -0.312 e. The molecule has 0 saturated carbocycles. The van der Waals surface area contributed by atoms with E-state index in [-0.39, 0.29) is 0 Å². The third-order valence-corrected chi connectivity index (χ3v) is 3.14. The van der Waals surface area contributed by atoms with Crippen molar-refractivity contribution in [2.75, 3.05) is 6.54 Å². The normalized spacial score (nSPS) is 14.8. The third kappa shape index (κ3) is 1.53. The molecule has 1 aromatic heterocycles. The van der Waals surface area contributed by atoms with Crippen molar-refractivity contribution < 1.29 is 0 Å². The Morgan fingerprint density at radius 1 is 1.31 bits per heavy atom. The molecule has 3 rings (SSSR count). The molecule has 3 heteroatoms. The lowest BCUT2D eigenvalue weighted by Gasteiger charge is -2.19. The van der Waals surface area contributed by atoms with Crippen LogP contribution in [0.5, 0.6) is 0 Å². The van der Waals surface area contributed by atoms with Crippen LogP contribution in [-0.2, 0) is 20.0 Å². The molecule has 0 radical (unpaired) electrons. The zero-order valence-corrected chi connectivity index (χ0v) is 9.40. The highest BCUT2D eigenvalue weighted by Gasteiger charge is 2.14. The first-order valence-corrected chi connectivity index (χ1v) is 5.66. The molecule has 0 unspecified atom stereocenters. The van der Waals surface area contributed by atoms with Gasteiger partial charge in [0.1, 0.15) is 0 Å². The minimum absolute atomic E-state index is 0.960. The highest BCUT2D eigenvalue weighted by atomic mass is 15.2. The highest BCUT2D eigenvalue weighted by molar-refractivity contribution is 5.65. The quantitative estimate of drug-likeness (QED) is 0.782. The van der Waals surface area contributed by atoms with Gasteiger partial charge in [0, 0.05) is 25.4 Å². The fourth-order valence-electron chi connectivity index (χ4n) is 2.31. The smallest absolute Gasteiger partial charge is 0.0926 e. The second-order valence-electron chi connectivity index (χ2n) is 4.24. The molecule has 1 aromatic carbocycles. The molecule has 2 heterocycles. The molecular weight excluding hydrogens is 198 g/mol. The number of hydrogen-bond acceptors (Lipinski definition) is 2. The summed E-state index contributed by atoms with van der Waals surface area (Å²) in [6.07, 6.45) is 3.11. The van der Waals surface area contributed by atoms with E-state index in [2.05, 4.69) is 34.7 Å². The van der Waals surface area contributed by atoms with Gasteiger partial charge < -0.3 is 5.32 Å². The van der Waals surface area contributed by atoms with Gasteiger partial charge in [-0.05, 0) is 30.2 Å². The Bertz CT molecular complexity index is 514. The van der Waals surface area contributed by atoms with Gasteiger partial charge in [-0.1, -0.05) is 18.2 Å². The Balaban J connectivity index is 2.13. The molecule has 0 saturated heterocycles. The van der Waals surface area contributed by atoms with E-state index in [0.717, 1.165) is 25.2 Å². The highest BCUT2D eigenvalue weighted by Crippen LogP contribution is 2.26. The number of aromatic nitrogens is 2. The summed E-state index contributed by atoms with van der Waals surface area (Å²) in [5.41, 5.74) is 5.21. The fourth-order valence-corrected chi connectivity index (χ4v) is 2.31. The average Bonchev–Trinajstić information content (AvgIpc) is 2.75. The van der Waals surface area contributed by atoms with Gasteiger partial charge in [-0.3, -0.25) is 4.68 Å². The van der Waals surface area contributed by atoms with Crippen molar-refractivity contribution in [3.63, 3.8) is 0 Å². The van der Waals surface area contributed by atoms with Gasteiger partial charge in [-0.15, -0.1) is 0 Å². The van der Waals surface area contributed by atoms with E-state index in [9.17, 15) is 0 Å². The van der Waals surface area contributed by atoms with Gasteiger partial charge in [-0.25, -0.2) is 0 Å². The number of hydrogen-bond donors (Lipinski definition) is 1. The summed E-state index contributed by atoms with van der Waals surface area (Å²) < 4.78 is 1.85. The molecule has 2 aromatic rings. The summed E-state index contributed by atoms with van der Waals surface area (Å²) in [7, 11) is 1.96. The largest absolute Gasteiger partial charge is 0.312 e. The first-order chi connectivity index (χ1) is 7.84. The molecule has 3 nitrogen and oxygen atoms in total. The number of nitrogens with one attached hydrogen (secondary N) is 1. The van der Waals surface area contributed by atoms with Gasteiger partial charge in [0.15, 0.2) is 0 Å². The monoisotopic (exact) mass is 213 g/mol. The standard InChI is InChI=1S/C13H15N3/c1-16-8-6-13(15-16)11-4-2-3-10-5-7-14-9-12(10)11/h2-4,6,8,14H,5,7,9H2,1H3. The molecule has 0 aliphatic carbocycles. The van der Waals surface area contributed by atoms with Crippen LogP contribution in [0.4, 0.5) is 0 Å². The second-order valence-corrected chi connectivity index (χ2v) is 4.24. The summed E-state index contributed by atoms with van der Waals surface area (Å²) >= 11 is 0. The van der Waals surface area contributed by atoms with Crippen LogP contribution in [0, 0.1) is 0 Å². The zero-order chi connectivity index (χ0) is 11.0. The predicted molar refractivity (Wildman–Crippen MR) is 64.1 cm³/mol. The van der Waals surface area contributed by atoms with Gasteiger partial charge >= 0.3 is 0 Å². The van der Waals surface area contributed by atoms with Crippen LogP contribution in [0.25, 0.3) is 11.3 Å². The summed E-state index contributed by atoms with van der Waals surface area (Å²) in [5.74, 6) is 0. The third-order valence-electron chi connectivity index (χ3n) is 3.14. The molecule has 1 N–H and O–H groups in total. The SMILES string of the molecule is Cn1ccc(-c2cccc3c2CNCC3)n1. The van der Waals surface area contributed by atoms with Crippen LogP contribution >= 0.6 is 0 Å². The van der Waals surface area contributed by atoms with E-state index in [4.69, 9.17) is 0 Å². The lowest BCUT2D eigenvalue weighted by atomic mass is 9.94. The van der Waals surface area contributed by atoms with E-state index in [0.29, 0.717) is 0 Å². The number of nitrogens with zero attached hydrogens (tertiary/aromatic N) is 2. The summed E-state index contributed by atoms with van der Waals surface area (Å²) in [6, 6.07) is 8.59. The Hall–Kier alpha value is -1.61. The Kier molecular flexibility index (Phi) is 2.26. The van der Waals surface area contributed by atoms with Gasteiger partial charge in [0.05, 0.1) is 5.69 Å². The molecule has 1 aliphatic heterocycles. The molecule has 0 bridgehead atoms. The van der Waals surface area contributed by atoms with Crippen LogP contribution < -0.4 is 5.32 Å². The van der Waals surface area contributed by atoms with Crippen LogP contribution in [0.2, 0.25) is 0 Å². The zero-order valence-electron chi connectivity index (χ0n) is 9.40. The van der Waals surface area contributed by atoms with Crippen molar-refractivity contribution in [1.29, 1.82) is 0 Å². The van der Waals surface area contributed by atoms with Crippen LogP contribution in [0.15, 0.2) is 30.5 Å². The number of benzene rings is 1. The van der Waals surface area contributed by atoms with E-state index in [1.165, 1.54) is 16.7 Å². The first-order valence-electron chi connectivity index (χ1n) is 5.66. The Morgan fingerprint density at radius 2 is 2.25 bits per heavy atom. The van der Waals surface area contributed by atoms with Crippen LogP contribution in [0.3, 0.4) is 0 Å². The maximum absolute atomic E-state index is 4.48. The molecule has 1 aliphatic rings. The van der Waals surface area contributed by atoms with E-state index in [1.807, 2.05) is 17.9 Å². The van der Waals surface area contributed by atoms with Crippen molar-refractivity contribution in [2.24, 2.45) is 7.05 Å². The lowest BCUT2D eigenvalue weighted by Crippen LogP contribution is -2.24. The van der Waals surface area contributed by atoms with Crippen LogP contribution in [0.1, 0.15) is 11.1 Å². The van der Waals surface area contributed by atoms with E-state index in [1.54, 1.807) is 0 Å². The van der Waals surface area contributed by atoms with E-state index >= 15 is 0 Å². The van der Waals surface area contributed by atoms with Crippen molar-refractivity contribution in [2.45, 2.75) is 13.0 Å². The summed E-state index contributed by atoms with van der Waals surface area (Å²) in [5, 5.41) is 7.90. The van der Waals surface area contributed by atoms with E-state index < -0.39 is 0 Å². The van der Waals surface area contributed by atoms with Crippen molar-refractivity contribution >= 4 is 0 Å². The molecule has 16 heavy (non-hydrogen) atoms. The maximum atomic E-state index is 4.48. The Morgan fingerprint density at radius 3 is 3.06 bits per heavy atom. The lowest BCUT2D eigenvalue weighted by molar-refractivity contribution is 0.644. The predicted octanol–water partition coefficient (Wildman–Crippen LogP) is 1.73. The first kappa shape index (κ1) is 9.60. The molecule has 82 valence electrons. The average molecular weight is 213 g/mol. The van der Waals surface area contributed by atoms with Crippen molar-refractivity contribution in [3.8, 4) is 11.3 Å². The maximum Gasteiger partial charge on any atom is 0.0926 e. The molecule has 0 spiro atoms. The van der Waals surface area contributed by atoms with Crippen molar-refractivity contribution in [3.05, 3.63) is 41.6 Å². The van der Waals surface area contributed by atoms with Crippen LogP contribution in [-0.4, -0.2) is 16.3 Å². The van der Waals surface area contributed by atoms with Gasteiger partial charge in [-0.2, -0.15) is 5.10 Å². The van der Waals surface area contributed by atoms with Crippen molar-refractivity contribution in [1.82, 2.24) is 15.1 Å². The molecule has 0 fully saturated rings. The topological polar surface area (TPSA) is 29.9 Å². The second kappa shape index (κ2) is 3.76. The number of rotatable bonds is 1.